The van der Waals surface area contributed by atoms with Crippen LogP contribution in [-0.2, 0) is 4.74 Å². The molecule has 2 unspecified atom stereocenters. The average Bonchev–Trinajstić information content (AvgIpc) is 2.28. The zero-order valence-electron chi connectivity index (χ0n) is 9.10. The number of aliphatic hydroxyl groups is 1. The third-order valence-electron chi connectivity index (χ3n) is 2.13. The maximum Gasteiger partial charge on any atom is 0.0625 e. The molecule has 0 spiro atoms. The van der Waals surface area contributed by atoms with Gasteiger partial charge in [-0.2, -0.15) is 0 Å². The molecule has 3 nitrogen and oxygen atoms in total. The second-order valence-corrected chi connectivity index (χ2v) is 5.08. The summed E-state index contributed by atoms with van der Waals surface area (Å²) in [5, 5.41) is 9.84. The first kappa shape index (κ1) is 13.8. The Morgan fingerprint density at radius 1 is 1.50 bits per heavy atom. The summed E-state index contributed by atoms with van der Waals surface area (Å²) in [6.45, 7) is 0.420. The highest BCUT2D eigenvalue weighted by molar-refractivity contribution is 8.00. The van der Waals surface area contributed by atoms with Crippen molar-refractivity contribution in [3.63, 3.8) is 0 Å². The Morgan fingerprint density at radius 2 is 2.19 bits per heavy atom. The fourth-order valence-corrected chi connectivity index (χ4v) is 2.52. The lowest BCUT2D eigenvalue weighted by molar-refractivity contribution is 0.167. The molecule has 0 aromatic heterocycles. The summed E-state index contributed by atoms with van der Waals surface area (Å²) >= 11 is 7.51. The van der Waals surface area contributed by atoms with Crippen LogP contribution in [0.2, 0.25) is 5.02 Å². The molecule has 0 aliphatic carbocycles. The molecule has 2 atom stereocenters. The van der Waals surface area contributed by atoms with Gasteiger partial charge in [-0.3, -0.25) is 0 Å². The number of methoxy groups -OCH3 is 1. The van der Waals surface area contributed by atoms with Crippen LogP contribution in [0.15, 0.2) is 29.2 Å². The molecular formula is C11H16ClNO2S. The Morgan fingerprint density at radius 3 is 2.75 bits per heavy atom. The Labute approximate surface area is 105 Å². The number of halogens is 1. The Hall–Kier alpha value is -0.260. The summed E-state index contributed by atoms with van der Waals surface area (Å²) in [6, 6.07) is 7.30. The molecule has 0 fully saturated rings. The van der Waals surface area contributed by atoms with E-state index in [1.54, 1.807) is 7.11 Å². The Bertz CT molecular complexity index is 325. The van der Waals surface area contributed by atoms with Crippen molar-refractivity contribution in [3.05, 3.63) is 29.3 Å². The van der Waals surface area contributed by atoms with Gasteiger partial charge in [-0.15, -0.1) is 11.8 Å². The molecule has 0 aliphatic heterocycles. The van der Waals surface area contributed by atoms with Crippen LogP contribution >= 0.6 is 23.4 Å². The second-order valence-electron chi connectivity index (χ2n) is 3.39. The van der Waals surface area contributed by atoms with Gasteiger partial charge in [0, 0.05) is 18.0 Å². The van der Waals surface area contributed by atoms with Gasteiger partial charge in [0.25, 0.3) is 0 Å². The van der Waals surface area contributed by atoms with Gasteiger partial charge < -0.3 is 15.6 Å². The minimum absolute atomic E-state index is 0.000413. The molecule has 5 heteroatoms. The van der Waals surface area contributed by atoms with E-state index in [4.69, 9.17) is 22.1 Å². The van der Waals surface area contributed by atoms with E-state index in [9.17, 15) is 5.11 Å². The molecule has 0 radical (unpaired) electrons. The summed E-state index contributed by atoms with van der Waals surface area (Å²) in [6.07, 6.45) is 0. The summed E-state index contributed by atoms with van der Waals surface area (Å²) in [5.41, 5.74) is 5.89. The highest BCUT2D eigenvalue weighted by Gasteiger charge is 2.19. The van der Waals surface area contributed by atoms with Crippen LogP contribution in [0.4, 0.5) is 0 Å². The molecule has 90 valence electrons. The number of aliphatic hydroxyl groups excluding tert-OH is 1. The molecule has 1 rings (SSSR count). The molecule has 0 saturated heterocycles. The minimum Gasteiger partial charge on any atom is -0.395 e. The zero-order chi connectivity index (χ0) is 12.0. The van der Waals surface area contributed by atoms with E-state index in [2.05, 4.69) is 0 Å². The smallest absolute Gasteiger partial charge is 0.0625 e. The third-order valence-corrected chi connectivity index (χ3v) is 3.98. The number of hydrogen-bond acceptors (Lipinski definition) is 4. The van der Waals surface area contributed by atoms with Crippen molar-refractivity contribution >= 4 is 23.4 Å². The number of nitrogens with two attached hydrogens (primary N) is 1. The van der Waals surface area contributed by atoms with Gasteiger partial charge in [0.2, 0.25) is 0 Å². The molecule has 1 aromatic rings. The van der Waals surface area contributed by atoms with Gasteiger partial charge in [-0.1, -0.05) is 23.7 Å². The van der Waals surface area contributed by atoms with E-state index in [0.29, 0.717) is 11.6 Å². The monoisotopic (exact) mass is 261 g/mol. The van der Waals surface area contributed by atoms with Crippen LogP contribution in [0, 0.1) is 0 Å². The predicted molar refractivity (Wildman–Crippen MR) is 68.0 cm³/mol. The molecule has 3 N–H and O–H groups in total. The summed E-state index contributed by atoms with van der Waals surface area (Å²) in [4.78, 5) is 0.926. The van der Waals surface area contributed by atoms with E-state index in [1.165, 1.54) is 11.8 Å². The molecular weight excluding hydrogens is 246 g/mol. The topological polar surface area (TPSA) is 55.5 Å². The average molecular weight is 262 g/mol. The summed E-state index contributed by atoms with van der Waals surface area (Å²) in [7, 11) is 1.59. The lowest BCUT2D eigenvalue weighted by Gasteiger charge is -2.21. The van der Waals surface area contributed by atoms with Gasteiger partial charge in [0.1, 0.15) is 0 Å². The van der Waals surface area contributed by atoms with Crippen molar-refractivity contribution in [1.82, 2.24) is 0 Å². The van der Waals surface area contributed by atoms with Gasteiger partial charge >= 0.3 is 0 Å². The molecule has 16 heavy (non-hydrogen) atoms. The molecule has 0 amide bonds. The molecule has 1 aromatic carbocycles. The maximum atomic E-state index is 9.28. The summed E-state index contributed by atoms with van der Waals surface area (Å²) < 4.78 is 4.97. The second kappa shape index (κ2) is 7.14. The van der Waals surface area contributed by atoms with E-state index in [0.717, 1.165) is 4.90 Å². The van der Waals surface area contributed by atoms with Crippen molar-refractivity contribution in [2.45, 2.75) is 16.2 Å². The largest absolute Gasteiger partial charge is 0.395 e. The van der Waals surface area contributed by atoms with Crippen LogP contribution in [0.3, 0.4) is 0 Å². The standard InChI is InChI=1S/C11H16ClNO2S/c1-15-7-9(13)11(6-14)16-10-5-3-2-4-8(10)12/h2-5,9,11,14H,6-7,13H2,1H3. The van der Waals surface area contributed by atoms with Gasteiger partial charge in [0.05, 0.1) is 23.5 Å². The lowest BCUT2D eigenvalue weighted by atomic mass is 10.2. The molecule has 0 heterocycles. The minimum atomic E-state index is -0.212. The number of thioether (sulfide) groups is 1. The van der Waals surface area contributed by atoms with Gasteiger partial charge in [0.15, 0.2) is 0 Å². The quantitative estimate of drug-likeness (QED) is 0.767. The Balaban J connectivity index is 2.66. The first-order chi connectivity index (χ1) is 7.69. The van der Waals surface area contributed by atoms with Crippen molar-refractivity contribution in [1.29, 1.82) is 0 Å². The van der Waals surface area contributed by atoms with E-state index in [1.807, 2.05) is 24.3 Å². The first-order valence-electron chi connectivity index (χ1n) is 4.95. The normalized spacial score (nSPS) is 14.8. The van der Waals surface area contributed by atoms with Crippen LogP contribution in [0.1, 0.15) is 0 Å². The van der Waals surface area contributed by atoms with E-state index in [-0.39, 0.29) is 17.9 Å². The summed E-state index contributed by atoms with van der Waals surface area (Å²) in [5.74, 6) is 0. The number of ether oxygens (including phenoxy) is 1. The van der Waals surface area contributed by atoms with Crippen LogP contribution in [-0.4, -0.2) is 36.7 Å². The fraction of sp³-hybridized carbons (Fsp3) is 0.455. The number of hydrogen-bond donors (Lipinski definition) is 2. The number of benzene rings is 1. The van der Waals surface area contributed by atoms with Crippen molar-refractivity contribution in [2.75, 3.05) is 20.3 Å². The first-order valence-corrected chi connectivity index (χ1v) is 6.21. The lowest BCUT2D eigenvalue weighted by Crippen LogP contribution is -2.38. The van der Waals surface area contributed by atoms with Crippen LogP contribution in [0.5, 0.6) is 0 Å². The fourth-order valence-electron chi connectivity index (χ4n) is 1.26. The SMILES string of the molecule is COCC(N)C(CO)Sc1ccccc1Cl. The molecule has 0 aliphatic rings. The van der Waals surface area contributed by atoms with E-state index < -0.39 is 0 Å². The molecule has 0 saturated carbocycles. The zero-order valence-corrected chi connectivity index (χ0v) is 10.7. The van der Waals surface area contributed by atoms with Crippen LogP contribution < -0.4 is 5.73 Å². The maximum absolute atomic E-state index is 9.28. The molecule has 0 bridgehead atoms. The third kappa shape index (κ3) is 3.96. The van der Waals surface area contributed by atoms with Crippen molar-refractivity contribution in [2.24, 2.45) is 5.73 Å². The van der Waals surface area contributed by atoms with Gasteiger partial charge in [-0.05, 0) is 12.1 Å². The van der Waals surface area contributed by atoms with Crippen molar-refractivity contribution in [3.8, 4) is 0 Å². The van der Waals surface area contributed by atoms with Crippen LogP contribution in [0.25, 0.3) is 0 Å². The Kier molecular flexibility index (Phi) is 6.16. The van der Waals surface area contributed by atoms with E-state index >= 15 is 0 Å². The predicted octanol–water partition coefficient (Wildman–Crippen LogP) is 1.77. The van der Waals surface area contributed by atoms with Crippen molar-refractivity contribution < 1.29 is 9.84 Å². The van der Waals surface area contributed by atoms with Gasteiger partial charge in [-0.25, -0.2) is 0 Å². The highest BCUT2D eigenvalue weighted by Crippen LogP contribution is 2.30. The highest BCUT2D eigenvalue weighted by atomic mass is 35.5. The number of rotatable bonds is 6.